The fraction of sp³-hybridized carbons (Fsp3) is 0.583. The summed E-state index contributed by atoms with van der Waals surface area (Å²) in [5.41, 5.74) is 0. The van der Waals surface area contributed by atoms with Crippen LogP contribution in [0.2, 0.25) is 0 Å². The second-order valence-corrected chi connectivity index (χ2v) is 6.84. The number of allylic oxidation sites excluding steroid dienone is 8. The first-order valence-electron chi connectivity index (χ1n) is 10.8. The van der Waals surface area contributed by atoms with Crippen LogP contribution < -0.4 is 10.6 Å². The maximum atomic E-state index is 11.4. The van der Waals surface area contributed by atoms with Gasteiger partial charge in [-0.2, -0.15) is 0 Å². The molecule has 0 aliphatic rings. The van der Waals surface area contributed by atoms with Crippen LogP contribution in [-0.4, -0.2) is 24.9 Å². The lowest BCUT2D eigenvalue weighted by molar-refractivity contribution is -0.125. The monoisotopic (exact) mass is 388 g/mol. The van der Waals surface area contributed by atoms with Crippen molar-refractivity contribution in [1.82, 2.24) is 10.6 Å². The van der Waals surface area contributed by atoms with Gasteiger partial charge in [-0.1, -0.05) is 68.4 Å². The SMILES string of the molecule is CCCCC/C=C\C/C=C\C/C=C\C/C=C\CCCCNC(=O)CNC(C)=O. The number of rotatable bonds is 17. The molecule has 0 saturated carbocycles. The van der Waals surface area contributed by atoms with E-state index in [2.05, 4.69) is 66.2 Å². The molecule has 0 atom stereocenters. The Labute approximate surface area is 172 Å². The van der Waals surface area contributed by atoms with Crippen LogP contribution in [0.5, 0.6) is 0 Å². The van der Waals surface area contributed by atoms with Gasteiger partial charge in [0.25, 0.3) is 0 Å². The van der Waals surface area contributed by atoms with Crippen LogP contribution in [0.25, 0.3) is 0 Å². The van der Waals surface area contributed by atoms with Gasteiger partial charge >= 0.3 is 0 Å². The molecule has 0 spiro atoms. The number of hydrogen-bond donors (Lipinski definition) is 2. The second-order valence-electron chi connectivity index (χ2n) is 6.84. The highest BCUT2D eigenvalue weighted by Gasteiger charge is 2.00. The van der Waals surface area contributed by atoms with E-state index in [1.165, 1.54) is 32.6 Å². The normalized spacial score (nSPS) is 11.9. The first kappa shape index (κ1) is 25.9. The van der Waals surface area contributed by atoms with Gasteiger partial charge in [0.15, 0.2) is 0 Å². The maximum absolute atomic E-state index is 11.4. The molecule has 0 saturated heterocycles. The van der Waals surface area contributed by atoms with Crippen molar-refractivity contribution in [1.29, 1.82) is 0 Å². The van der Waals surface area contributed by atoms with Gasteiger partial charge in [-0.05, 0) is 51.4 Å². The van der Waals surface area contributed by atoms with Crippen molar-refractivity contribution in [3.63, 3.8) is 0 Å². The Kier molecular flexibility index (Phi) is 19.6. The quantitative estimate of drug-likeness (QED) is 0.259. The summed E-state index contributed by atoms with van der Waals surface area (Å²) >= 11 is 0. The predicted molar refractivity (Wildman–Crippen MR) is 120 cm³/mol. The fourth-order valence-electron chi connectivity index (χ4n) is 2.44. The Morgan fingerprint density at radius 1 is 0.679 bits per heavy atom. The Morgan fingerprint density at radius 3 is 1.68 bits per heavy atom. The van der Waals surface area contributed by atoms with E-state index in [9.17, 15) is 9.59 Å². The first-order valence-corrected chi connectivity index (χ1v) is 10.8. The zero-order valence-electron chi connectivity index (χ0n) is 17.9. The van der Waals surface area contributed by atoms with Crippen molar-refractivity contribution in [2.24, 2.45) is 0 Å². The summed E-state index contributed by atoms with van der Waals surface area (Å²) in [5.74, 6) is -0.316. The smallest absolute Gasteiger partial charge is 0.239 e. The third-order valence-electron chi connectivity index (χ3n) is 4.08. The molecule has 158 valence electrons. The number of amides is 2. The molecule has 0 fully saturated rings. The van der Waals surface area contributed by atoms with E-state index in [1.807, 2.05) is 0 Å². The summed E-state index contributed by atoms with van der Waals surface area (Å²) in [6, 6.07) is 0. The largest absolute Gasteiger partial charge is 0.355 e. The number of carbonyl (C=O) groups is 2. The van der Waals surface area contributed by atoms with Gasteiger partial charge < -0.3 is 10.6 Å². The van der Waals surface area contributed by atoms with E-state index < -0.39 is 0 Å². The predicted octanol–water partition coefficient (Wildman–Crippen LogP) is 5.38. The van der Waals surface area contributed by atoms with Crippen molar-refractivity contribution in [3.05, 3.63) is 48.6 Å². The molecule has 0 aromatic carbocycles. The average molecular weight is 389 g/mol. The molecular weight excluding hydrogens is 348 g/mol. The zero-order chi connectivity index (χ0) is 20.7. The summed E-state index contributed by atoms with van der Waals surface area (Å²) in [4.78, 5) is 22.1. The van der Waals surface area contributed by atoms with Gasteiger partial charge in [-0.15, -0.1) is 0 Å². The van der Waals surface area contributed by atoms with Crippen LogP contribution >= 0.6 is 0 Å². The number of nitrogens with one attached hydrogen (secondary N) is 2. The summed E-state index contributed by atoms with van der Waals surface area (Å²) in [5, 5.41) is 5.27. The number of unbranched alkanes of at least 4 members (excludes halogenated alkanes) is 5. The minimum absolute atomic E-state index is 0.0620. The van der Waals surface area contributed by atoms with Gasteiger partial charge in [0.2, 0.25) is 11.8 Å². The van der Waals surface area contributed by atoms with Crippen LogP contribution in [0.15, 0.2) is 48.6 Å². The molecule has 0 aromatic rings. The summed E-state index contributed by atoms with van der Waals surface area (Å²) in [6.07, 6.45) is 29.0. The van der Waals surface area contributed by atoms with Crippen molar-refractivity contribution in [2.45, 2.75) is 78.1 Å². The van der Waals surface area contributed by atoms with Crippen LogP contribution in [0.3, 0.4) is 0 Å². The minimum atomic E-state index is -0.185. The third-order valence-corrected chi connectivity index (χ3v) is 4.08. The fourth-order valence-corrected chi connectivity index (χ4v) is 2.44. The van der Waals surface area contributed by atoms with Gasteiger partial charge in [-0.25, -0.2) is 0 Å². The summed E-state index contributed by atoms with van der Waals surface area (Å²) < 4.78 is 0. The molecule has 0 aliphatic carbocycles. The van der Waals surface area contributed by atoms with E-state index in [-0.39, 0.29) is 18.4 Å². The van der Waals surface area contributed by atoms with Crippen LogP contribution in [0.1, 0.15) is 78.1 Å². The van der Waals surface area contributed by atoms with Crippen LogP contribution in [0.4, 0.5) is 0 Å². The van der Waals surface area contributed by atoms with Gasteiger partial charge in [0.05, 0.1) is 6.54 Å². The zero-order valence-corrected chi connectivity index (χ0v) is 17.9. The lowest BCUT2D eigenvalue weighted by atomic mass is 10.2. The molecule has 2 N–H and O–H groups in total. The molecule has 0 rings (SSSR count). The lowest BCUT2D eigenvalue weighted by Crippen LogP contribution is -2.36. The molecule has 28 heavy (non-hydrogen) atoms. The third kappa shape index (κ3) is 21.9. The Hall–Kier alpha value is -2.10. The Morgan fingerprint density at radius 2 is 1.18 bits per heavy atom. The molecule has 0 heterocycles. The minimum Gasteiger partial charge on any atom is -0.355 e. The van der Waals surface area contributed by atoms with Crippen molar-refractivity contribution in [2.75, 3.05) is 13.1 Å². The molecule has 2 amide bonds. The van der Waals surface area contributed by atoms with E-state index in [1.54, 1.807) is 0 Å². The highest BCUT2D eigenvalue weighted by Crippen LogP contribution is 2.01. The highest BCUT2D eigenvalue weighted by atomic mass is 16.2. The van der Waals surface area contributed by atoms with Crippen LogP contribution in [0, 0.1) is 0 Å². The van der Waals surface area contributed by atoms with Crippen LogP contribution in [-0.2, 0) is 9.59 Å². The molecule has 4 heteroatoms. The molecule has 0 bridgehead atoms. The molecule has 0 unspecified atom stereocenters. The Bertz CT molecular complexity index is 505. The Balaban J connectivity index is 3.43. The lowest BCUT2D eigenvalue weighted by Gasteiger charge is -2.04. The molecular formula is C24H40N2O2. The highest BCUT2D eigenvalue weighted by molar-refractivity contribution is 5.83. The van der Waals surface area contributed by atoms with Crippen molar-refractivity contribution in [3.8, 4) is 0 Å². The number of hydrogen-bond acceptors (Lipinski definition) is 2. The molecule has 0 radical (unpaired) electrons. The number of carbonyl (C=O) groups excluding carboxylic acids is 2. The van der Waals surface area contributed by atoms with Gasteiger partial charge in [-0.3, -0.25) is 9.59 Å². The summed E-state index contributed by atoms with van der Waals surface area (Å²) in [6.45, 7) is 4.36. The molecule has 0 aliphatic heterocycles. The summed E-state index contributed by atoms with van der Waals surface area (Å²) in [7, 11) is 0. The average Bonchev–Trinajstić information content (AvgIpc) is 2.68. The standard InChI is InChI=1S/C24H40N2O2/c1-3-4-5-6-7-8-9-10-11-12-13-14-15-16-17-18-19-20-21-25-24(28)22-26-23(2)27/h7-8,10-11,13-14,16-17H,3-6,9,12,15,18-22H2,1-2H3,(H,25,28)(H,26,27)/b8-7-,11-10-,14-13-,17-16-. The molecule has 4 nitrogen and oxygen atoms in total. The van der Waals surface area contributed by atoms with E-state index in [4.69, 9.17) is 0 Å². The van der Waals surface area contributed by atoms with Gasteiger partial charge in [0.1, 0.15) is 0 Å². The second kappa shape index (κ2) is 21.2. The van der Waals surface area contributed by atoms with Crippen molar-refractivity contribution >= 4 is 11.8 Å². The van der Waals surface area contributed by atoms with E-state index in [0.717, 1.165) is 38.5 Å². The van der Waals surface area contributed by atoms with Crippen molar-refractivity contribution < 1.29 is 9.59 Å². The first-order chi connectivity index (χ1) is 13.7. The topological polar surface area (TPSA) is 58.2 Å². The van der Waals surface area contributed by atoms with E-state index >= 15 is 0 Å². The maximum Gasteiger partial charge on any atom is 0.239 e. The molecule has 0 aromatic heterocycles. The van der Waals surface area contributed by atoms with E-state index in [0.29, 0.717) is 6.54 Å². The van der Waals surface area contributed by atoms with Gasteiger partial charge in [0, 0.05) is 13.5 Å².